The Morgan fingerprint density at radius 3 is 1.23 bits per heavy atom. The number of phenols is 2. The van der Waals surface area contributed by atoms with Crippen molar-refractivity contribution in [2.75, 3.05) is 13.2 Å². The number of hydrogen-bond donors (Lipinski definition) is 2. The van der Waals surface area contributed by atoms with E-state index in [1.165, 1.54) is 51.4 Å². The van der Waals surface area contributed by atoms with Crippen molar-refractivity contribution in [2.45, 2.75) is 90.9 Å². The molecule has 0 saturated carbocycles. The van der Waals surface area contributed by atoms with Crippen LogP contribution in [0.15, 0.2) is 60.7 Å². The number of aromatic hydroxyl groups is 2. The maximum absolute atomic E-state index is 12.6. The summed E-state index contributed by atoms with van der Waals surface area (Å²) in [6, 6.07) is 15.0. The number of carbonyl (C=O) groups excluding carboxylic acids is 2. The minimum Gasteiger partial charge on any atom is -0.504 e. The van der Waals surface area contributed by atoms with Crippen LogP contribution in [0.4, 0.5) is 0 Å². The van der Waals surface area contributed by atoms with Crippen molar-refractivity contribution in [3.8, 4) is 34.5 Å². The Balaban J connectivity index is 1.46. The molecule has 0 amide bonds. The van der Waals surface area contributed by atoms with Crippen molar-refractivity contribution in [3.63, 3.8) is 0 Å². The van der Waals surface area contributed by atoms with E-state index in [0.717, 1.165) is 37.8 Å². The molecule has 0 spiro atoms. The zero-order chi connectivity index (χ0) is 31.6. The molecular formula is C36H46O8. The maximum atomic E-state index is 12.6. The lowest BCUT2D eigenvalue weighted by atomic mass is 10.1. The van der Waals surface area contributed by atoms with Gasteiger partial charge in [0.05, 0.1) is 24.3 Å². The van der Waals surface area contributed by atoms with Crippen molar-refractivity contribution < 1.29 is 38.7 Å². The molecule has 0 heterocycles. The van der Waals surface area contributed by atoms with Crippen molar-refractivity contribution in [2.24, 2.45) is 0 Å². The Bertz CT molecular complexity index is 1180. The van der Waals surface area contributed by atoms with E-state index >= 15 is 0 Å². The summed E-state index contributed by atoms with van der Waals surface area (Å²) in [4.78, 5) is 25.3. The highest BCUT2D eigenvalue weighted by molar-refractivity contribution is 5.92. The summed E-state index contributed by atoms with van der Waals surface area (Å²) in [5.41, 5.74) is 0.483. The molecule has 238 valence electrons. The van der Waals surface area contributed by atoms with Gasteiger partial charge in [0.1, 0.15) is 11.5 Å². The third kappa shape index (κ3) is 11.8. The molecule has 0 radical (unpaired) electrons. The highest BCUT2D eigenvalue weighted by atomic mass is 16.6. The van der Waals surface area contributed by atoms with Gasteiger partial charge in [0.15, 0.2) is 23.0 Å². The molecule has 0 aliphatic rings. The molecule has 0 bridgehead atoms. The maximum Gasteiger partial charge on any atom is 0.343 e. The van der Waals surface area contributed by atoms with Gasteiger partial charge in [-0.1, -0.05) is 78.1 Å². The minimum absolute atomic E-state index is 0.241. The van der Waals surface area contributed by atoms with Gasteiger partial charge in [0.2, 0.25) is 0 Å². The molecule has 3 rings (SSSR count). The molecule has 0 aliphatic heterocycles. The normalized spacial score (nSPS) is 10.8. The molecule has 0 aliphatic carbocycles. The van der Waals surface area contributed by atoms with Gasteiger partial charge >= 0.3 is 11.9 Å². The summed E-state index contributed by atoms with van der Waals surface area (Å²) in [7, 11) is 0. The fourth-order valence-corrected chi connectivity index (χ4v) is 4.54. The first-order valence-electron chi connectivity index (χ1n) is 15.9. The van der Waals surface area contributed by atoms with Crippen molar-refractivity contribution in [1.29, 1.82) is 0 Å². The standard InChI is InChI=1S/C36H46O8/c1-3-5-7-9-11-13-23-41-29-19-15-27(16-20-29)35(39)43-33-25-32(38)34(26-31(33)37)44-36(40)28-17-21-30(22-18-28)42-24-14-12-10-8-6-4-2/h15-22,25-26,37-38H,3-14,23-24H2,1-2H3. The third-order valence-corrected chi connectivity index (χ3v) is 7.16. The fourth-order valence-electron chi connectivity index (χ4n) is 4.54. The van der Waals surface area contributed by atoms with Crippen LogP contribution in [0.3, 0.4) is 0 Å². The second-order valence-corrected chi connectivity index (χ2v) is 10.8. The Morgan fingerprint density at radius 1 is 0.523 bits per heavy atom. The molecule has 8 nitrogen and oxygen atoms in total. The summed E-state index contributed by atoms with van der Waals surface area (Å²) in [5.74, 6) is -1.66. The van der Waals surface area contributed by atoms with Crippen molar-refractivity contribution in [3.05, 3.63) is 71.8 Å². The van der Waals surface area contributed by atoms with Gasteiger partial charge in [-0.2, -0.15) is 0 Å². The van der Waals surface area contributed by atoms with E-state index in [-0.39, 0.29) is 22.6 Å². The molecule has 0 unspecified atom stereocenters. The largest absolute Gasteiger partial charge is 0.504 e. The van der Waals surface area contributed by atoms with E-state index in [1.54, 1.807) is 48.5 Å². The lowest BCUT2D eigenvalue weighted by Crippen LogP contribution is -2.10. The molecule has 2 N–H and O–H groups in total. The molecular weight excluding hydrogens is 560 g/mol. The number of rotatable bonds is 20. The van der Waals surface area contributed by atoms with Crippen LogP contribution in [0.1, 0.15) is 112 Å². The van der Waals surface area contributed by atoms with Gasteiger partial charge in [-0.15, -0.1) is 0 Å². The van der Waals surface area contributed by atoms with Gasteiger partial charge in [0, 0.05) is 12.1 Å². The van der Waals surface area contributed by atoms with Crippen molar-refractivity contribution in [1.82, 2.24) is 0 Å². The number of carbonyl (C=O) groups is 2. The smallest absolute Gasteiger partial charge is 0.343 e. The Hall–Kier alpha value is -4.20. The van der Waals surface area contributed by atoms with Crippen LogP contribution in [-0.2, 0) is 0 Å². The average molecular weight is 607 g/mol. The van der Waals surface area contributed by atoms with E-state index in [4.69, 9.17) is 18.9 Å². The first-order valence-corrected chi connectivity index (χ1v) is 15.9. The molecule has 0 aromatic heterocycles. The van der Waals surface area contributed by atoms with Crippen LogP contribution in [0.25, 0.3) is 0 Å². The number of esters is 2. The fraction of sp³-hybridized carbons (Fsp3) is 0.444. The highest BCUT2D eigenvalue weighted by Gasteiger charge is 2.18. The number of unbranched alkanes of at least 4 members (excludes halogenated alkanes) is 10. The third-order valence-electron chi connectivity index (χ3n) is 7.16. The molecule has 3 aromatic carbocycles. The monoisotopic (exact) mass is 606 g/mol. The number of phenolic OH excluding ortho intramolecular Hbond substituents is 2. The molecule has 8 heteroatoms. The quantitative estimate of drug-likeness (QED) is 0.0567. The van der Waals surface area contributed by atoms with Crippen LogP contribution < -0.4 is 18.9 Å². The summed E-state index contributed by atoms with van der Waals surface area (Å²) in [6.07, 6.45) is 14.1. The number of hydrogen-bond acceptors (Lipinski definition) is 8. The summed E-state index contributed by atoms with van der Waals surface area (Å²) in [6.45, 7) is 5.61. The molecule has 0 fully saturated rings. The lowest BCUT2D eigenvalue weighted by molar-refractivity contribution is 0.0711. The zero-order valence-corrected chi connectivity index (χ0v) is 26.0. The van der Waals surface area contributed by atoms with Crippen LogP contribution >= 0.6 is 0 Å². The summed E-state index contributed by atoms with van der Waals surface area (Å²) in [5, 5.41) is 20.8. The first-order chi connectivity index (χ1) is 21.4. The van der Waals surface area contributed by atoms with Gasteiger partial charge in [0.25, 0.3) is 0 Å². The predicted molar refractivity (Wildman–Crippen MR) is 170 cm³/mol. The molecule has 0 saturated heterocycles. The van der Waals surface area contributed by atoms with Gasteiger partial charge in [-0.05, 0) is 61.4 Å². The second kappa shape index (κ2) is 19.2. The van der Waals surface area contributed by atoms with E-state index in [1.807, 2.05) is 0 Å². The molecule has 0 atom stereocenters. The summed E-state index contributed by atoms with van der Waals surface area (Å²) >= 11 is 0. The van der Waals surface area contributed by atoms with E-state index in [9.17, 15) is 19.8 Å². The van der Waals surface area contributed by atoms with Crippen LogP contribution in [0.5, 0.6) is 34.5 Å². The zero-order valence-electron chi connectivity index (χ0n) is 26.0. The van der Waals surface area contributed by atoms with Crippen molar-refractivity contribution >= 4 is 11.9 Å². The Morgan fingerprint density at radius 2 is 0.864 bits per heavy atom. The molecule has 44 heavy (non-hydrogen) atoms. The Kier molecular flexibility index (Phi) is 14.9. The number of benzene rings is 3. The topological polar surface area (TPSA) is 112 Å². The van der Waals surface area contributed by atoms with Gasteiger partial charge in [-0.3, -0.25) is 0 Å². The van der Waals surface area contributed by atoms with Crippen LogP contribution in [-0.4, -0.2) is 35.4 Å². The second-order valence-electron chi connectivity index (χ2n) is 10.8. The van der Waals surface area contributed by atoms with Gasteiger partial charge in [-0.25, -0.2) is 9.59 Å². The minimum atomic E-state index is -0.731. The SMILES string of the molecule is CCCCCCCCOc1ccc(C(=O)Oc2cc(O)c(OC(=O)c3ccc(OCCCCCCCC)cc3)cc2O)cc1. The molecule has 3 aromatic rings. The van der Waals surface area contributed by atoms with Crippen LogP contribution in [0, 0.1) is 0 Å². The number of ether oxygens (including phenoxy) is 4. The summed E-state index contributed by atoms with van der Waals surface area (Å²) < 4.78 is 22.0. The van der Waals surface area contributed by atoms with E-state index < -0.39 is 23.4 Å². The first kappa shape index (κ1) is 34.3. The lowest BCUT2D eigenvalue weighted by Gasteiger charge is -2.11. The average Bonchev–Trinajstić information content (AvgIpc) is 3.03. The van der Waals surface area contributed by atoms with E-state index in [2.05, 4.69) is 13.8 Å². The van der Waals surface area contributed by atoms with E-state index in [0.29, 0.717) is 24.7 Å². The highest BCUT2D eigenvalue weighted by Crippen LogP contribution is 2.39. The van der Waals surface area contributed by atoms with Crippen LogP contribution in [0.2, 0.25) is 0 Å². The Labute approximate surface area is 260 Å². The van der Waals surface area contributed by atoms with Gasteiger partial charge < -0.3 is 29.2 Å². The predicted octanol–water partition coefficient (Wildman–Crippen LogP) is 9.01.